The van der Waals surface area contributed by atoms with Crippen LogP contribution < -0.4 is 16.0 Å². The second-order valence-corrected chi connectivity index (χ2v) is 9.78. The van der Waals surface area contributed by atoms with Crippen LogP contribution in [-0.4, -0.2) is 73.9 Å². The third-order valence-electron chi connectivity index (χ3n) is 5.89. The van der Waals surface area contributed by atoms with Gasteiger partial charge in [0, 0.05) is 31.9 Å². The van der Waals surface area contributed by atoms with Crippen molar-refractivity contribution >= 4 is 33.0 Å². The summed E-state index contributed by atoms with van der Waals surface area (Å²) >= 11 is 0. The number of hydrogen-bond donors (Lipinski definition) is 2. The van der Waals surface area contributed by atoms with Crippen LogP contribution in [0.3, 0.4) is 0 Å². The number of nitrogen functional groups attached to an aromatic ring is 1. The zero-order valence-electron chi connectivity index (χ0n) is 18.7. The summed E-state index contributed by atoms with van der Waals surface area (Å²) in [6.07, 6.45) is 3.61. The Labute approximate surface area is 185 Å². The van der Waals surface area contributed by atoms with Crippen LogP contribution in [0.25, 0.3) is 0 Å². The number of nitrogens with one attached hydrogen (secondary N) is 1. The molecule has 0 amide bonds. The molecule has 2 heterocycles. The Morgan fingerprint density at radius 3 is 2.32 bits per heavy atom. The number of nitrogens with zero attached hydrogens (tertiary/aromatic N) is 5. The Balaban J connectivity index is 1.77. The van der Waals surface area contributed by atoms with Gasteiger partial charge in [0.25, 0.3) is 0 Å². The predicted octanol–water partition coefficient (Wildman–Crippen LogP) is 2.36. The number of piperidine rings is 1. The van der Waals surface area contributed by atoms with Crippen molar-refractivity contribution in [2.45, 2.75) is 37.6 Å². The highest BCUT2D eigenvalue weighted by Crippen LogP contribution is 2.31. The summed E-state index contributed by atoms with van der Waals surface area (Å²) in [5.41, 5.74) is 7.58. The fourth-order valence-corrected chi connectivity index (χ4v) is 5.34. The van der Waals surface area contributed by atoms with Crippen molar-refractivity contribution in [1.82, 2.24) is 19.2 Å². The first-order valence-corrected chi connectivity index (χ1v) is 12.1. The molecule has 1 saturated heterocycles. The molecule has 1 aromatic heterocycles. The molecule has 1 aliphatic heterocycles. The third-order valence-corrected chi connectivity index (χ3v) is 7.96. The van der Waals surface area contributed by atoms with Gasteiger partial charge in [-0.1, -0.05) is 13.8 Å². The van der Waals surface area contributed by atoms with Gasteiger partial charge in [-0.25, -0.2) is 18.4 Å². The minimum atomic E-state index is -3.49. The van der Waals surface area contributed by atoms with E-state index in [1.165, 1.54) is 10.6 Å². The summed E-state index contributed by atoms with van der Waals surface area (Å²) in [5, 5.41) is 3.19. The van der Waals surface area contributed by atoms with Crippen molar-refractivity contribution < 1.29 is 8.42 Å². The van der Waals surface area contributed by atoms with Gasteiger partial charge in [0.05, 0.1) is 4.90 Å². The van der Waals surface area contributed by atoms with Gasteiger partial charge in [-0.3, -0.25) is 0 Å². The van der Waals surface area contributed by atoms with Crippen LogP contribution in [0.2, 0.25) is 0 Å². The Kier molecular flexibility index (Phi) is 7.34. The second-order valence-electron chi connectivity index (χ2n) is 7.84. The highest BCUT2D eigenvalue weighted by Gasteiger charge is 2.24. The van der Waals surface area contributed by atoms with Crippen molar-refractivity contribution in [2.24, 2.45) is 0 Å². The smallest absolute Gasteiger partial charge is 0.243 e. The van der Waals surface area contributed by atoms with Gasteiger partial charge < -0.3 is 20.9 Å². The molecule has 3 N–H and O–H groups in total. The lowest BCUT2D eigenvalue weighted by molar-refractivity contribution is 0.252. The highest BCUT2D eigenvalue weighted by molar-refractivity contribution is 7.89. The lowest BCUT2D eigenvalue weighted by Crippen LogP contribution is -2.42. The molecule has 3 rings (SSSR count). The number of sulfonamides is 1. The van der Waals surface area contributed by atoms with Crippen molar-refractivity contribution in [3.8, 4) is 0 Å². The molecule has 0 unspecified atom stereocenters. The molecule has 0 atom stereocenters. The number of nitrogens with two attached hydrogens (primary N) is 1. The molecule has 0 aliphatic carbocycles. The Morgan fingerprint density at radius 1 is 1.13 bits per heavy atom. The molecule has 0 saturated carbocycles. The SMILES string of the molecule is CCN(CC)S(=O)(=O)c1ccc(Nc2ncnc(N(C)C3CCN(C)CC3)c2N)cc1. The Morgan fingerprint density at radius 2 is 1.74 bits per heavy atom. The topological polar surface area (TPSA) is 108 Å². The van der Waals surface area contributed by atoms with E-state index in [0.717, 1.165) is 25.9 Å². The molecule has 10 heteroatoms. The molecule has 0 radical (unpaired) electrons. The van der Waals surface area contributed by atoms with Gasteiger partial charge >= 0.3 is 0 Å². The molecule has 1 aromatic carbocycles. The normalized spacial score (nSPS) is 15.9. The maximum absolute atomic E-state index is 12.7. The molecule has 0 spiro atoms. The van der Waals surface area contributed by atoms with Crippen LogP contribution in [0, 0.1) is 0 Å². The summed E-state index contributed by atoms with van der Waals surface area (Å²) in [7, 11) is 0.666. The van der Waals surface area contributed by atoms with Gasteiger partial charge in [0.15, 0.2) is 11.6 Å². The average molecular weight is 448 g/mol. The van der Waals surface area contributed by atoms with Gasteiger partial charge in [0.1, 0.15) is 12.0 Å². The number of hydrogen-bond acceptors (Lipinski definition) is 8. The van der Waals surface area contributed by atoms with E-state index in [0.29, 0.717) is 42.1 Å². The maximum atomic E-state index is 12.7. The molecule has 31 heavy (non-hydrogen) atoms. The monoisotopic (exact) mass is 447 g/mol. The van der Waals surface area contributed by atoms with Crippen LogP contribution in [0.4, 0.5) is 23.0 Å². The van der Waals surface area contributed by atoms with Crippen molar-refractivity contribution in [2.75, 3.05) is 56.2 Å². The average Bonchev–Trinajstić information content (AvgIpc) is 2.76. The summed E-state index contributed by atoms with van der Waals surface area (Å²) in [6, 6.07) is 7.01. The van der Waals surface area contributed by atoms with Crippen LogP contribution in [0.1, 0.15) is 26.7 Å². The quantitative estimate of drug-likeness (QED) is 0.635. The zero-order chi connectivity index (χ0) is 22.6. The molecule has 2 aromatic rings. The summed E-state index contributed by atoms with van der Waals surface area (Å²) in [5.74, 6) is 1.21. The van der Waals surface area contributed by atoms with Gasteiger partial charge in [-0.2, -0.15) is 4.31 Å². The van der Waals surface area contributed by atoms with Crippen LogP contribution in [0.5, 0.6) is 0 Å². The standard InChI is InChI=1S/C21H33N7O2S/c1-5-28(6-2)31(29,30)18-9-7-16(8-10-18)25-20-19(22)21(24-15-23-20)27(4)17-11-13-26(3)14-12-17/h7-10,15,17H,5-6,11-14,22H2,1-4H3,(H,23,24,25). The minimum absolute atomic E-state index is 0.264. The van der Waals surface area contributed by atoms with E-state index in [9.17, 15) is 8.42 Å². The Hall–Kier alpha value is -2.43. The van der Waals surface area contributed by atoms with Crippen LogP contribution >= 0.6 is 0 Å². The molecule has 1 fully saturated rings. The van der Waals surface area contributed by atoms with Gasteiger partial charge in [0.2, 0.25) is 10.0 Å². The highest BCUT2D eigenvalue weighted by atomic mass is 32.2. The summed E-state index contributed by atoms with van der Waals surface area (Å²) < 4.78 is 26.8. The van der Waals surface area contributed by atoms with Crippen molar-refractivity contribution in [3.63, 3.8) is 0 Å². The first-order chi connectivity index (χ1) is 14.8. The lowest BCUT2D eigenvalue weighted by atomic mass is 10.0. The lowest BCUT2D eigenvalue weighted by Gasteiger charge is -2.36. The fraction of sp³-hybridized carbons (Fsp3) is 0.524. The number of benzene rings is 1. The van der Waals surface area contributed by atoms with E-state index in [-0.39, 0.29) is 4.90 Å². The summed E-state index contributed by atoms with van der Waals surface area (Å²) in [6.45, 7) is 6.62. The molecule has 170 valence electrons. The van der Waals surface area contributed by atoms with E-state index < -0.39 is 10.0 Å². The first kappa shape index (κ1) is 23.2. The fourth-order valence-electron chi connectivity index (χ4n) is 3.88. The molecular formula is C21H33N7O2S. The van der Waals surface area contributed by atoms with E-state index in [1.807, 2.05) is 20.9 Å². The second kappa shape index (κ2) is 9.80. The zero-order valence-corrected chi connectivity index (χ0v) is 19.6. The van der Waals surface area contributed by atoms with Gasteiger partial charge in [-0.15, -0.1) is 0 Å². The number of aromatic nitrogens is 2. The first-order valence-electron chi connectivity index (χ1n) is 10.7. The molecule has 1 aliphatic rings. The maximum Gasteiger partial charge on any atom is 0.243 e. The molecule has 9 nitrogen and oxygen atoms in total. The summed E-state index contributed by atoms with van der Waals surface area (Å²) in [4.78, 5) is 13.4. The number of likely N-dealkylation sites (tertiary alicyclic amines) is 1. The number of rotatable bonds is 8. The number of anilines is 4. The third kappa shape index (κ3) is 5.08. The van der Waals surface area contributed by atoms with E-state index in [2.05, 4.69) is 32.1 Å². The van der Waals surface area contributed by atoms with Crippen molar-refractivity contribution in [3.05, 3.63) is 30.6 Å². The van der Waals surface area contributed by atoms with E-state index in [4.69, 9.17) is 5.73 Å². The van der Waals surface area contributed by atoms with Crippen molar-refractivity contribution in [1.29, 1.82) is 0 Å². The molecule has 0 bridgehead atoms. The Bertz CT molecular complexity index is 970. The minimum Gasteiger partial charge on any atom is -0.393 e. The largest absolute Gasteiger partial charge is 0.393 e. The van der Waals surface area contributed by atoms with E-state index >= 15 is 0 Å². The predicted molar refractivity (Wildman–Crippen MR) is 125 cm³/mol. The van der Waals surface area contributed by atoms with Crippen LogP contribution in [0.15, 0.2) is 35.5 Å². The van der Waals surface area contributed by atoms with Crippen LogP contribution in [-0.2, 0) is 10.0 Å². The van der Waals surface area contributed by atoms with Gasteiger partial charge in [-0.05, 0) is 57.2 Å². The molecular weight excluding hydrogens is 414 g/mol. The van der Waals surface area contributed by atoms with E-state index in [1.54, 1.807) is 24.3 Å².